The smallest absolute Gasteiger partial charge is 0.204 e. The highest BCUT2D eigenvalue weighted by atomic mass is 15.5. The molecule has 0 fully saturated rings. The maximum absolute atomic E-state index is 9.43. The van der Waals surface area contributed by atoms with Crippen LogP contribution in [0.4, 0.5) is 0 Å². The summed E-state index contributed by atoms with van der Waals surface area (Å²) in [5.41, 5.74) is 4.41. The third kappa shape index (κ3) is 2.31. The van der Waals surface area contributed by atoms with Gasteiger partial charge in [0.25, 0.3) is 0 Å². The predicted octanol–water partition coefficient (Wildman–Crippen LogP) is 1.98. The molecule has 1 atom stereocenters. The Balaban J connectivity index is 3.32. The summed E-state index contributed by atoms with van der Waals surface area (Å²) in [5, 5.41) is 33.8. The number of hydrogen-bond acceptors (Lipinski definition) is 6. The molecule has 104 valence electrons. The topological polar surface area (TPSA) is 113 Å². The number of nitrogens with two attached hydrogens (primary N) is 1. The number of hydrogen-bond donors (Lipinski definition) is 1. The molecular weight excluding hydrogens is 252 g/mol. The second-order valence-electron chi connectivity index (χ2n) is 4.64. The zero-order valence-corrected chi connectivity index (χ0v) is 11.8. The average Bonchev–Trinajstić information content (AvgIpc) is 2.69. The molecule has 6 heteroatoms. The van der Waals surface area contributed by atoms with Crippen LogP contribution in [0, 0.1) is 39.4 Å². The van der Waals surface area contributed by atoms with Crippen molar-refractivity contribution in [2.24, 2.45) is 16.3 Å². The predicted molar refractivity (Wildman–Crippen MR) is 74.4 cm³/mol. The molecule has 0 aromatic carbocycles. The van der Waals surface area contributed by atoms with Crippen molar-refractivity contribution >= 4 is 6.21 Å². The van der Waals surface area contributed by atoms with Gasteiger partial charge in [0.1, 0.15) is 17.5 Å². The van der Waals surface area contributed by atoms with Crippen molar-refractivity contribution in [1.29, 1.82) is 15.8 Å². The van der Waals surface area contributed by atoms with Crippen LogP contribution in [0.3, 0.4) is 0 Å². The van der Waals surface area contributed by atoms with E-state index in [1.165, 1.54) is 5.01 Å². The standard InChI is InChI=1S/C14H18N6/c1-3-5-7-19-20-12(6-4-2)14(9-16,10-17)11(8-15)13(20)18/h7,12H,3-6,18H2,1-2H3/b19-7-. The van der Waals surface area contributed by atoms with Crippen molar-refractivity contribution in [3.05, 3.63) is 11.4 Å². The monoisotopic (exact) mass is 270 g/mol. The zero-order valence-electron chi connectivity index (χ0n) is 11.8. The minimum absolute atomic E-state index is 0.00889. The van der Waals surface area contributed by atoms with E-state index in [0.29, 0.717) is 6.42 Å². The minimum Gasteiger partial charge on any atom is -0.383 e. The molecule has 0 bridgehead atoms. The molecule has 1 rings (SSSR count). The lowest BCUT2D eigenvalue weighted by Crippen LogP contribution is -2.38. The molecule has 0 aromatic heterocycles. The van der Waals surface area contributed by atoms with Gasteiger partial charge in [-0.15, -0.1) is 0 Å². The Hall–Kier alpha value is -2.52. The Morgan fingerprint density at radius 3 is 2.40 bits per heavy atom. The van der Waals surface area contributed by atoms with Gasteiger partial charge in [-0.05, 0) is 12.8 Å². The number of hydrazone groups is 1. The van der Waals surface area contributed by atoms with Crippen LogP contribution in [-0.4, -0.2) is 17.3 Å². The fourth-order valence-electron chi connectivity index (χ4n) is 2.30. The third-order valence-electron chi connectivity index (χ3n) is 3.34. The zero-order chi connectivity index (χ0) is 15.2. The summed E-state index contributed by atoms with van der Waals surface area (Å²) in [6.45, 7) is 3.97. The molecule has 0 saturated carbocycles. The summed E-state index contributed by atoms with van der Waals surface area (Å²) in [7, 11) is 0. The number of nitrogens with zero attached hydrogens (tertiary/aromatic N) is 5. The molecule has 0 amide bonds. The summed E-state index contributed by atoms with van der Waals surface area (Å²) in [4.78, 5) is 0. The van der Waals surface area contributed by atoms with Crippen LogP contribution in [0.25, 0.3) is 0 Å². The van der Waals surface area contributed by atoms with Crippen LogP contribution < -0.4 is 5.73 Å². The Kier molecular flexibility index (Phi) is 5.12. The van der Waals surface area contributed by atoms with Gasteiger partial charge in [-0.1, -0.05) is 26.7 Å². The summed E-state index contributed by atoms with van der Waals surface area (Å²) in [6, 6.07) is 5.35. The maximum atomic E-state index is 9.43. The molecule has 2 N–H and O–H groups in total. The maximum Gasteiger partial charge on any atom is 0.204 e. The van der Waals surface area contributed by atoms with Crippen LogP contribution in [0.5, 0.6) is 0 Å². The van der Waals surface area contributed by atoms with E-state index in [-0.39, 0.29) is 11.4 Å². The highest BCUT2D eigenvalue weighted by molar-refractivity contribution is 5.58. The van der Waals surface area contributed by atoms with Gasteiger partial charge in [-0.3, -0.25) is 0 Å². The Labute approximate surface area is 119 Å². The molecular formula is C14H18N6. The molecule has 1 heterocycles. The van der Waals surface area contributed by atoms with Crippen molar-refractivity contribution in [2.45, 2.75) is 45.6 Å². The minimum atomic E-state index is -1.53. The first-order valence-electron chi connectivity index (χ1n) is 6.67. The molecule has 1 aliphatic heterocycles. The molecule has 0 saturated heterocycles. The van der Waals surface area contributed by atoms with Crippen molar-refractivity contribution in [1.82, 2.24) is 5.01 Å². The van der Waals surface area contributed by atoms with E-state index in [2.05, 4.69) is 5.10 Å². The summed E-state index contributed by atoms with van der Waals surface area (Å²) in [5.74, 6) is 0.112. The lowest BCUT2D eigenvalue weighted by Gasteiger charge is -2.27. The van der Waals surface area contributed by atoms with E-state index in [1.807, 2.05) is 32.1 Å². The van der Waals surface area contributed by atoms with Gasteiger partial charge in [0.05, 0.1) is 18.2 Å². The summed E-state index contributed by atoms with van der Waals surface area (Å²) < 4.78 is 0. The number of rotatable bonds is 5. The normalized spacial score (nSPS) is 20.8. The van der Waals surface area contributed by atoms with E-state index < -0.39 is 11.5 Å². The van der Waals surface area contributed by atoms with E-state index in [9.17, 15) is 15.8 Å². The molecule has 0 aliphatic carbocycles. The van der Waals surface area contributed by atoms with Gasteiger partial charge in [-0.2, -0.15) is 20.9 Å². The highest BCUT2D eigenvalue weighted by Gasteiger charge is 2.54. The van der Waals surface area contributed by atoms with Crippen molar-refractivity contribution in [3.8, 4) is 18.2 Å². The fourth-order valence-corrected chi connectivity index (χ4v) is 2.30. The van der Waals surface area contributed by atoms with Crippen molar-refractivity contribution < 1.29 is 0 Å². The van der Waals surface area contributed by atoms with Gasteiger partial charge in [0, 0.05) is 6.21 Å². The van der Waals surface area contributed by atoms with E-state index in [0.717, 1.165) is 19.3 Å². The first-order chi connectivity index (χ1) is 9.62. The van der Waals surface area contributed by atoms with E-state index >= 15 is 0 Å². The second kappa shape index (κ2) is 6.59. The number of unbranched alkanes of at least 4 members (excludes halogenated alkanes) is 1. The summed E-state index contributed by atoms with van der Waals surface area (Å²) in [6.07, 6.45) is 4.75. The SMILES string of the molecule is CCC/C=N\N1C(N)=C(C#N)C(C#N)(C#N)C1CCC. The largest absolute Gasteiger partial charge is 0.383 e. The molecule has 1 aliphatic rings. The fraction of sp³-hybridized carbons (Fsp3) is 0.571. The second-order valence-corrected chi connectivity index (χ2v) is 4.64. The van der Waals surface area contributed by atoms with E-state index in [4.69, 9.17) is 5.73 Å². The number of nitriles is 3. The van der Waals surface area contributed by atoms with Gasteiger partial charge in [-0.25, -0.2) is 5.01 Å². The lowest BCUT2D eigenvalue weighted by atomic mass is 9.77. The Morgan fingerprint density at radius 2 is 1.95 bits per heavy atom. The Bertz CT molecular complexity index is 525. The summed E-state index contributed by atoms with van der Waals surface area (Å²) >= 11 is 0. The van der Waals surface area contributed by atoms with Crippen molar-refractivity contribution in [3.63, 3.8) is 0 Å². The quantitative estimate of drug-likeness (QED) is 0.767. The lowest BCUT2D eigenvalue weighted by molar-refractivity contribution is 0.223. The average molecular weight is 270 g/mol. The first kappa shape index (κ1) is 15.5. The van der Waals surface area contributed by atoms with Crippen LogP contribution in [0.2, 0.25) is 0 Å². The molecule has 0 spiro atoms. The molecule has 0 radical (unpaired) electrons. The first-order valence-corrected chi connectivity index (χ1v) is 6.67. The molecule has 1 unspecified atom stereocenters. The highest BCUT2D eigenvalue weighted by Crippen LogP contribution is 2.43. The van der Waals surface area contributed by atoms with E-state index in [1.54, 1.807) is 6.21 Å². The van der Waals surface area contributed by atoms with Gasteiger partial charge in [0.2, 0.25) is 5.41 Å². The molecule has 20 heavy (non-hydrogen) atoms. The van der Waals surface area contributed by atoms with Gasteiger partial charge < -0.3 is 5.73 Å². The van der Waals surface area contributed by atoms with Crippen molar-refractivity contribution in [2.75, 3.05) is 0 Å². The molecule has 6 nitrogen and oxygen atoms in total. The van der Waals surface area contributed by atoms with Crippen LogP contribution in [-0.2, 0) is 0 Å². The molecule has 0 aromatic rings. The third-order valence-corrected chi connectivity index (χ3v) is 3.34. The Morgan fingerprint density at radius 1 is 1.30 bits per heavy atom. The van der Waals surface area contributed by atoms with Crippen LogP contribution >= 0.6 is 0 Å². The van der Waals surface area contributed by atoms with Gasteiger partial charge >= 0.3 is 0 Å². The van der Waals surface area contributed by atoms with Crippen LogP contribution in [0.15, 0.2) is 16.5 Å². The van der Waals surface area contributed by atoms with Gasteiger partial charge in [0.15, 0.2) is 0 Å². The van der Waals surface area contributed by atoms with Crippen LogP contribution in [0.1, 0.15) is 39.5 Å².